The molecule has 5 rings (SSSR count). The van der Waals surface area contributed by atoms with Crippen molar-refractivity contribution < 1.29 is 18.3 Å². The maximum Gasteiger partial charge on any atom is 0.415 e. The van der Waals surface area contributed by atoms with E-state index in [4.69, 9.17) is 4.74 Å². The Kier molecular flexibility index (Phi) is 7.99. The van der Waals surface area contributed by atoms with Crippen LogP contribution in [0.1, 0.15) is 25.7 Å². The molecule has 0 atom stereocenters. The Balaban J connectivity index is 0.00000162. The minimum absolute atomic E-state index is 0. The first-order valence-electron chi connectivity index (χ1n) is 10.7. The molecule has 1 aliphatic heterocycles. The van der Waals surface area contributed by atoms with Crippen LogP contribution in [0.5, 0.6) is 0 Å². The van der Waals surface area contributed by atoms with Gasteiger partial charge in [-0.2, -0.15) is 9.49 Å². The van der Waals surface area contributed by atoms with E-state index >= 15 is 0 Å². The molecule has 11 heteroatoms. The highest BCUT2D eigenvalue weighted by Crippen LogP contribution is 2.40. The molecule has 7 nitrogen and oxygen atoms in total. The average molecular weight is 512 g/mol. The second-order valence-electron chi connectivity index (χ2n) is 8.40. The second kappa shape index (κ2) is 10.6. The number of carbonyl (C=O) groups is 1. The van der Waals surface area contributed by atoms with E-state index in [0.29, 0.717) is 29.7 Å². The van der Waals surface area contributed by atoms with E-state index in [0.717, 1.165) is 32.2 Å². The van der Waals surface area contributed by atoms with Crippen molar-refractivity contribution in [3.05, 3.63) is 66.6 Å². The summed E-state index contributed by atoms with van der Waals surface area (Å²) in [7, 11) is 0. The van der Waals surface area contributed by atoms with Gasteiger partial charge in [-0.05, 0) is 49.8 Å². The van der Waals surface area contributed by atoms with E-state index in [1.54, 1.807) is 30.5 Å². The zero-order valence-electron chi connectivity index (χ0n) is 18.2. The Labute approximate surface area is 208 Å². The van der Waals surface area contributed by atoms with Crippen LogP contribution in [0, 0.1) is 17.7 Å². The standard InChI is InChI=1S/C23H23F2N5O2.2ClH/c24-18-3-1-2-4-19(18)30-12-8-21(28-30)27-14-16-5-9-23(10-6-16)15-29(22(31)32-23)17-7-11-26-20(25)13-17;;/h1-4,7-8,11-13,16H,5-6,9-10,14-15H2,(H,27,28);2*1H/t16-,23-;;. The van der Waals surface area contributed by atoms with Gasteiger partial charge in [0.2, 0.25) is 5.95 Å². The van der Waals surface area contributed by atoms with Crippen LogP contribution in [0.15, 0.2) is 54.9 Å². The molecule has 0 bridgehead atoms. The molecule has 1 amide bonds. The topological polar surface area (TPSA) is 72.3 Å². The van der Waals surface area contributed by atoms with Gasteiger partial charge in [0.05, 0.1) is 12.2 Å². The Bertz CT molecular complexity index is 1140. The van der Waals surface area contributed by atoms with Crippen LogP contribution in [0.2, 0.25) is 0 Å². The minimum Gasteiger partial charge on any atom is -0.441 e. The Morgan fingerprint density at radius 2 is 1.88 bits per heavy atom. The first kappa shape index (κ1) is 25.7. The van der Waals surface area contributed by atoms with Gasteiger partial charge in [0, 0.05) is 31.1 Å². The summed E-state index contributed by atoms with van der Waals surface area (Å²) < 4.78 is 34.7. The van der Waals surface area contributed by atoms with Crippen LogP contribution in [-0.4, -0.2) is 39.5 Å². The normalized spacial score (nSPS) is 21.5. The third-order valence-electron chi connectivity index (χ3n) is 6.27. The lowest BCUT2D eigenvalue weighted by molar-refractivity contribution is 0.0148. The van der Waals surface area contributed by atoms with E-state index < -0.39 is 17.6 Å². The molecule has 34 heavy (non-hydrogen) atoms. The average Bonchev–Trinajstić information content (AvgIpc) is 3.38. The summed E-state index contributed by atoms with van der Waals surface area (Å²) in [6.45, 7) is 1.15. The predicted octanol–water partition coefficient (Wildman–Crippen LogP) is 5.39. The SMILES string of the molecule is Cl.Cl.O=C1O[C@]2(CC[C@H](CNc3ccn(-c4ccccc4F)n3)CC2)CN1c1ccnc(F)c1. The van der Waals surface area contributed by atoms with Crippen molar-refractivity contribution in [3.8, 4) is 5.69 Å². The van der Waals surface area contributed by atoms with Crippen LogP contribution in [0.25, 0.3) is 5.69 Å². The largest absolute Gasteiger partial charge is 0.441 e. The molecule has 3 aromatic rings. The molecule has 0 radical (unpaired) electrons. The number of pyridine rings is 1. The summed E-state index contributed by atoms with van der Waals surface area (Å²) >= 11 is 0. The number of hydrogen-bond donors (Lipinski definition) is 1. The zero-order valence-corrected chi connectivity index (χ0v) is 19.8. The van der Waals surface area contributed by atoms with Gasteiger partial charge in [0.25, 0.3) is 0 Å². The first-order valence-corrected chi connectivity index (χ1v) is 10.7. The van der Waals surface area contributed by atoms with Crippen LogP contribution < -0.4 is 10.2 Å². The number of ether oxygens (including phenoxy) is 1. The van der Waals surface area contributed by atoms with E-state index in [1.165, 1.54) is 27.9 Å². The van der Waals surface area contributed by atoms with Gasteiger partial charge in [0.1, 0.15) is 22.9 Å². The monoisotopic (exact) mass is 511 g/mol. The third kappa shape index (κ3) is 5.26. The summed E-state index contributed by atoms with van der Waals surface area (Å²) in [6.07, 6.45) is 5.92. The molecule has 2 aliphatic rings. The number of aromatic nitrogens is 3. The third-order valence-corrected chi connectivity index (χ3v) is 6.27. The van der Waals surface area contributed by atoms with Crippen LogP contribution in [0.4, 0.5) is 25.1 Å². The number of nitrogens with zero attached hydrogens (tertiary/aromatic N) is 4. The van der Waals surface area contributed by atoms with Crippen LogP contribution in [-0.2, 0) is 4.74 Å². The molecule has 1 aromatic carbocycles. The summed E-state index contributed by atoms with van der Waals surface area (Å²) in [5.41, 5.74) is 0.343. The number of benzene rings is 1. The predicted molar refractivity (Wildman–Crippen MR) is 129 cm³/mol. The fraction of sp³-hybridized carbons (Fsp3) is 0.348. The number of carbonyl (C=O) groups excluding carboxylic acids is 1. The van der Waals surface area contributed by atoms with Gasteiger partial charge in [-0.3, -0.25) is 4.90 Å². The quantitative estimate of drug-likeness (QED) is 0.465. The van der Waals surface area contributed by atoms with Crippen molar-refractivity contribution in [2.75, 3.05) is 23.3 Å². The lowest BCUT2D eigenvalue weighted by atomic mass is 9.78. The van der Waals surface area contributed by atoms with Gasteiger partial charge in [-0.15, -0.1) is 24.8 Å². The summed E-state index contributed by atoms with van der Waals surface area (Å²) in [5, 5.41) is 7.74. The molecule has 0 unspecified atom stereocenters. The Morgan fingerprint density at radius 3 is 2.62 bits per heavy atom. The fourth-order valence-corrected chi connectivity index (χ4v) is 4.49. The molecule has 1 saturated heterocycles. The van der Waals surface area contributed by atoms with Gasteiger partial charge in [-0.25, -0.2) is 18.9 Å². The summed E-state index contributed by atoms with van der Waals surface area (Å²) in [4.78, 5) is 17.4. The molecule has 2 aromatic heterocycles. The lowest BCUT2D eigenvalue weighted by Crippen LogP contribution is -2.39. The molecule has 1 saturated carbocycles. The van der Waals surface area contributed by atoms with E-state index in [-0.39, 0.29) is 30.6 Å². The van der Waals surface area contributed by atoms with Crippen molar-refractivity contribution in [3.63, 3.8) is 0 Å². The maximum atomic E-state index is 13.9. The number of para-hydroxylation sites is 1. The fourth-order valence-electron chi connectivity index (χ4n) is 4.49. The number of amides is 1. The maximum absolute atomic E-state index is 13.9. The van der Waals surface area contributed by atoms with Gasteiger partial charge in [0.15, 0.2) is 0 Å². The second-order valence-corrected chi connectivity index (χ2v) is 8.40. The Morgan fingerprint density at radius 1 is 1.12 bits per heavy atom. The molecular formula is C23H25Cl2F2N5O2. The summed E-state index contributed by atoms with van der Waals surface area (Å²) in [6, 6.07) is 11.2. The molecule has 182 valence electrons. The van der Waals surface area contributed by atoms with Crippen molar-refractivity contribution >= 4 is 42.4 Å². The van der Waals surface area contributed by atoms with E-state index in [9.17, 15) is 13.6 Å². The van der Waals surface area contributed by atoms with Gasteiger partial charge in [-0.1, -0.05) is 12.1 Å². The van der Waals surface area contributed by atoms with E-state index in [1.807, 2.05) is 6.07 Å². The lowest BCUT2D eigenvalue weighted by Gasteiger charge is -2.35. The number of nitrogens with one attached hydrogen (secondary N) is 1. The molecule has 2 fully saturated rings. The van der Waals surface area contributed by atoms with E-state index in [2.05, 4.69) is 15.4 Å². The minimum atomic E-state index is -0.622. The molecular weight excluding hydrogens is 487 g/mol. The highest BCUT2D eigenvalue weighted by Gasteiger charge is 2.47. The number of rotatable bonds is 5. The highest BCUT2D eigenvalue weighted by molar-refractivity contribution is 5.90. The van der Waals surface area contributed by atoms with Gasteiger partial charge >= 0.3 is 6.09 Å². The van der Waals surface area contributed by atoms with Crippen molar-refractivity contribution in [1.29, 1.82) is 0 Å². The van der Waals surface area contributed by atoms with Gasteiger partial charge < -0.3 is 10.1 Å². The zero-order chi connectivity index (χ0) is 22.1. The summed E-state index contributed by atoms with van der Waals surface area (Å²) in [5.74, 6) is 0.148. The number of anilines is 2. The van der Waals surface area contributed by atoms with Crippen molar-refractivity contribution in [1.82, 2.24) is 14.8 Å². The first-order chi connectivity index (χ1) is 15.5. The smallest absolute Gasteiger partial charge is 0.415 e. The van der Waals surface area contributed by atoms with Crippen LogP contribution >= 0.6 is 24.8 Å². The molecule has 1 aliphatic carbocycles. The molecule has 1 spiro atoms. The van der Waals surface area contributed by atoms with Crippen molar-refractivity contribution in [2.24, 2.45) is 5.92 Å². The molecule has 3 heterocycles. The number of halogens is 4. The van der Waals surface area contributed by atoms with Crippen LogP contribution in [0.3, 0.4) is 0 Å². The van der Waals surface area contributed by atoms with Crippen molar-refractivity contribution in [2.45, 2.75) is 31.3 Å². The Hall–Kier alpha value is -2.91. The highest BCUT2D eigenvalue weighted by atomic mass is 35.5. The molecule has 1 N–H and O–H groups in total. The number of hydrogen-bond acceptors (Lipinski definition) is 5.